The van der Waals surface area contributed by atoms with Gasteiger partial charge in [0, 0.05) is 5.56 Å². The summed E-state index contributed by atoms with van der Waals surface area (Å²) in [5.41, 5.74) is 1.53. The number of rotatable bonds is 3. The summed E-state index contributed by atoms with van der Waals surface area (Å²) in [5, 5.41) is 0. The number of hydrogen-bond donors (Lipinski definition) is 0. The fraction of sp³-hybridized carbons (Fsp3) is 0.389. The summed E-state index contributed by atoms with van der Waals surface area (Å²) in [7, 11) is 0. The molecule has 0 radical (unpaired) electrons. The number of hydrogen-bond acceptors (Lipinski definition) is 3. The van der Waals surface area contributed by atoms with Crippen molar-refractivity contribution in [2.75, 3.05) is 13.2 Å². The van der Waals surface area contributed by atoms with Crippen LogP contribution in [0.5, 0.6) is 5.75 Å². The minimum atomic E-state index is -0.258. The van der Waals surface area contributed by atoms with Crippen LogP contribution in [-0.4, -0.2) is 19.2 Å². The zero-order valence-electron chi connectivity index (χ0n) is 12.2. The summed E-state index contributed by atoms with van der Waals surface area (Å²) in [6.45, 7) is 2.99. The molecule has 1 aromatic carbocycles. The Morgan fingerprint density at radius 1 is 1.29 bits per heavy atom. The molecular weight excluding hydrogens is 264 g/mol. The van der Waals surface area contributed by atoms with Gasteiger partial charge in [0.05, 0.1) is 12.2 Å². The summed E-state index contributed by atoms with van der Waals surface area (Å²) in [6.07, 6.45) is 8.31. The fourth-order valence-corrected chi connectivity index (χ4v) is 2.75. The van der Waals surface area contributed by atoms with Crippen molar-refractivity contribution in [1.82, 2.24) is 0 Å². The molecular formula is C18H20O3. The van der Waals surface area contributed by atoms with Gasteiger partial charge in [-0.3, -0.25) is 0 Å². The lowest BCUT2D eigenvalue weighted by molar-refractivity contribution is -0.141. The maximum Gasteiger partial charge on any atom is 0.337 e. The molecule has 0 saturated carbocycles. The molecule has 1 aromatic rings. The Labute approximate surface area is 125 Å². The first-order valence-corrected chi connectivity index (χ1v) is 7.48. The third-order valence-corrected chi connectivity index (χ3v) is 4.24. The van der Waals surface area contributed by atoms with Crippen molar-refractivity contribution >= 4 is 12.0 Å². The molecule has 0 amide bonds. The van der Waals surface area contributed by atoms with E-state index < -0.39 is 0 Å². The van der Waals surface area contributed by atoms with Gasteiger partial charge in [-0.25, -0.2) is 4.79 Å². The Morgan fingerprint density at radius 3 is 2.95 bits per heavy atom. The van der Waals surface area contributed by atoms with Gasteiger partial charge >= 0.3 is 5.97 Å². The van der Waals surface area contributed by atoms with Gasteiger partial charge in [0.15, 0.2) is 0 Å². The van der Waals surface area contributed by atoms with Gasteiger partial charge in [0.1, 0.15) is 12.4 Å². The average Bonchev–Trinajstić information content (AvgIpc) is 2.53. The molecule has 1 heterocycles. The first kappa shape index (κ1) is 13.9. The minimum Gasteiger partial charge on any atom is -0.488 e. The van der Waals surface area contributed by atoms with Crippen LogP contribution in [-0.2, 0) is 9.53 Å². The average molecular weight is 284 g/mol. The number of fused-ring (bicyclic) bond motifs is 1. The number of esters is 1. The highest BCUT2D eigenvalue weighted by Gasteiger charge is 2.22. The molecule has 110 valence electrons. The van der Waals surface area contributed by atoms with E-state index in [0.717, 1.165) is 24.2 Å². The molecule has 1 aliphatic heterocycles. The van der Waals surface area contributed by atoms with E-state index in [-0.39, 0.29) is 12.6 Å². The molecule has 1 aliphatic carbocycles. The number of ether oxygens (including phenoxy) is 2. The molecule has 0 N–H and O–H groups in total. The van der Waals surface area contributed by atoms with E-state index in [4.69, 9.17) is 9.47 Å². The summed E-state index contributed by atoms with van der Waals surface area (Å²) < 4.78 is 11.1. The van der Waals surface area contributed by atoms with Crippen LogP contribution in [0.3, 0.4) is 0 Å². The Kier molecular flexibility index (Phi) is 4.09. The van der Waals surface area contributed by atoms with Gasteiger partial charge in [0.2, 0.25) is 0 Å². The smallest absolute Gasteiger partial charge is 0.337 e. The van der Waals surface area contributed by atoms with Crippen molar-refractivity contribution in [3.8, 4) is 5.75 Å². The highest BCUT2D eigenvalue weighted by atomic mass is 16.5. The fourth-order valence-electron chi connectivity index (χ4n) is 2.75. The molecule has 0 spiro atoms. The number of para-hydroxylation sites is 1. The van der Waals surface area contributed by atoms with E-state index in [1.165, 1.54) is 0 Å². The van der Waals surface area contributed by atoms with Gasteiger partial charge in [0.25, 0.3) is 0 Å². The quantitative estimate of drug-likeness (QED) is 0.628. The minimum absolute atomic E-state index is 0.258. The monoisotopic (exact) mass is 284 g/mol. The lowest BCUT2D eigenvalue weighted by atomic mass is 9.85. The Morgan fingerprint density at radius 2 is 2.10 bits per heavy atom. The van der Waals surface area contributed by atoms with Gasteiger partial charge in [-0.05, 0) is 36.8 Å². The maximum absolute atomic E-state index is 12.2. The van der Waals surface area contributed by atoms with Crippen molar-refractivity contribution in [2.45, 2.75) is 19.8 Å². The topological polar surface area (TPSA) is 35.5 Å². The molecule has 0 fully saturated rings. The second-order valence-corrected chi connectivity index (χ2v) is 5.77. The van der Waals surface area contributed by atoms with Crippen LogP contribution in [0.15, 0.2) is 42.0 Å². The van der Waals surface area contributed by atoms with Gasteiger partial charge in [-0.2, -0.15) is 0 Å². The highest BCUT2D eigenvalue weighted by Crippen LogP contribution is 2.28. The van der Waals surface area contributed by atoms with Gasteiger partial charge in [-0.1, -0.05) is 37.3 Å². The van der Waals surface area contributed by atoms with Crippen LogP contribution >= 0.6 is 0 Å². The Bertz CT molecular complexity index is 586. The Balaban J connectivity index is 1.61. The van der Waals surface area contributed by atoms with Crippen molar-refractivity contribution in [1.29, 1.82) is 0 Å². The van der Waals surface area contributed by atoms with E-state index >= 15 is 0 Å². The summed E-state index contributed by atoms with van der Waals surface area (Å²) in [6, 6.07) is 7.71. The highest BCUT2D eigenvalue weighted by molar-refractivity contribution is 5.95. The van der Waals surface area contributed by atoms with Gasteiger partial charge in [-0.15, -0.1) is 0 Å². The van der Waals surface area contributed by atoms with Crippen LogP contribution in [0, 0.1) is 11.8 Å². The number of carbonyl (C=O) groups is 1. The van der Waals surface area contributed by atoms with Crippen LogP contribution in [0.2, 0.25) is 0 Å². The number of allylic oxidation sites excluding steroid dienone is 2. The molecule has 0 saturated heterocycles. The Hall–Kier alpha value is -2.03. The van der Waals surface area contributed by atoms with E-state index in [1.54, 1.807) is 0 Å². The van der Waals surface area contributed by atoms with Crippen LogP contribution in [0.4, 0.5) is 0 Å². The predicted octanol–water partition coefficient (Wildman–Crippen LogP) is 3.61. The van der Waals surface area contributed by atoms with E-state index in [2.05, 4.69) is 19.1 Å². The third kappa shape index (κ3) is 3.18. The van der Waals surface area contributed by atoms with Crippen LogP contribution < -0.4 is 4.74 Å². The van der Waals surface area contributed by atoms with Crippen molar-refractivity contribution in [3.63, 3.8) is 0 Å². The van der Waals surface area contributed by atoms with Crippen molar-refractivity contribution in [2.24, 2.45) is 11.8 Å². The second kappa shape index (κ2) is 6.17. The second-order valence-electron chi connectivity index (χ2n) is 5.77. The summed E-state index contributed by atoms with van der Waals surface area (Å²) >= 11 is 0. The molecule has 2 unspecified atom stereocenters. The van der Waals surface area contributed by atoms with Crippen molar-refractivity contribution < 1.29 is 14.3 Å². The molecule has 0 bridgehead atoms. The lowest BCUT2D eigenvalue weighted by Gasteiger charge is -2.25. The number of carbonyl (C=O) groups excluding carboxylic acids is 1. The lowest BCUT2D eigenvalue weighted by Crippen LogP contribution is -2.24. The third-order valence-electron chi connectivity index (χ3n) is 4.24. The first-order chi connectivity index (χ1) is 10.2. The standard InChI is InChI=1S/C18H20O3/c1-13-6-2-3-8-15(13)11-21-18(19)16-10-14-7-4-5-9-17(14)20-12-16/h2-5,7,9-10,13,15H,6,8,11-12H2,1H3. The normalized spacial score (nSPS) is 23.8. The predicted molar refractivity (Wildman–Crippen MR) is 81.9 cm³/mol. The zero-order valence-corrected chi connectivity index (χ0v) is 12.2. The molecule has 2 aliphatic rings. The largest absolute Gasteiger partial charge is 0.488 e. The van der Waals surface area contributed by atoms with E-state index in [0.29, 0.717) is 24.0 Å². The summed E-state index contributed by atoms with van der Waals surface area (Å²) in [4.78, 5) is 12.2. The molecule has 3 nitrogen and oxygen atoms in total. The van der Waals surface area contributed by atoms with Gasteiger partial charge < -0.3 is 9.47 Å². The molecule has 3 heteroatoms. The van der Waals surface area contributed by atoms with Crippen LogP contribution in [0.1, 0.15) is 25.3 Å². The van der Waals surface area contributed by atoms with E-state index in [1.807, 2.05) is 30.3 Å². The molecule has 2 atom stereocenters. The van der Waals surface area contributed by atoms with Crippen molar-refractivity contribution in [3.05, 3.63) is 47.6 Å². The summed E-state index contributed by atoms with van der Waals surface area (Å²) in [5.74, 6) is 1.56. The van der Waals surface area contributed by atoms with Crippen LogP contribution in [0.25, 0.3) is 6.08 Å². The SMILES string of the molecule is CC1CC=CCC1COC(=O)C1=Cc2ccccc2OC1. The maximum atomic E-state index is 12.2. The molecule has 0 aromatic heterocycles. The molecule has 21 heavy (non-hydrogen) atoms. The number of benzene rings is 1. The first-order valence-electron chi connectivity index (χ1n) is 7.48. The van der Waals surface area contributed by atoms with E-state index in [9.17, 15) is 4.79 Å². The zero-order chi connectivity index (χ0) is 14.7. The molecule has 3 rings (SSSR count).